The number of hydrogen-bond donors (Lipinski definition) is 4. The molecule has 1 amide bonds. The molecule has 0 saturated carbocycles. The van der Waals surface area contributed by atoms with E-state index in [-0.39, 0.29) is 0 Å². The van der Waals surface area contributed by atoms with E-state index in [1.165, 1.54) is 0 Å². The maximum absolute atomic E-state index is 11.4. The van der Waals surface area contributed by atoms with E-state index in [0.29, 0.717) is 0 Å². The first-order valence-electron chi connectivity index (χ1n) is 4.76. The first kappa shape index (κ1) is 14.4. The second-order valence-electron chi connectivity index (χ2n) is 3.65. The van der Waals surface area contributed by atoms with Crippen LogP contribution >= 0.6 is 0 Å². The first-order chi connectivity index (χ1) is 7.25. The molecule has 7 heteroatoms. The molecule has 7 nitrogen and oxygen atoms in total. The molecule has 92 valence electrons. The fourth-order valence-corrected chi connectivity index (χ4v) is 0.917. The van der Waals surface area contributed by atoms with Crippen molar-refractivity contribution >= 4 is 17.8 Å². The van der Waals surface area contributed by atoms with Crippen LogP contribution in [0.3, 0.4) is 0 Å². The molecule has 0 spiro atoms. The van der Waals surface area contributed by atoms with Gasteiger partial charge in [0.2, 0.25) is 5.91 Å². The van der Waals surface area contributed by atoms with Gasteiger partial charge in [0.05, 0.1) is 6.42 Å². The van der Waals surface area contributed by atoms with Crippen LogP contribution in [0.2, 0.25) is 0 Å². The van der Waals surface area contributed by atoms with Crippen LogP contribution < -0.4 is 11.1 Å². The van der Waals surface area contributed by atoms with Gasteiger partial charge in [0, 0.05) is 12.0 Å². The summed E-state index contributed by atoms with van der Waals surface area (Å²) in [6.07, 6.45) is -0.660. The number of aliphatic carboxylic acids is 2. The number of carbonyl (C=O) groups excluding carboxylic acids is 1. The summed E-state index contributed by atoms with van der Waals surface area (Å²) in [5.74, 6) is -3.81. The molecule has 3 unspecified atom stereocenters. The Kier molecular flexibility index (Phi) is 5.44. The van der Waals surface area contributed by atoms with E-state index >= 15 is 0 Å². The fraction of sp³-hybridized carbons (Fsp3) is 0.667. The Labute approximate surface area is 92.6 Å². The molecule has 0 aliphatic heterocycles. The molecule has 0 fully saturated rings. The standard InChI is InChI=1S/C9H16N2O5/c1-4(5(2)10)8(14)11-6(9(15)16)3-7(12)13/h4-6H,3,10H2,1-2H3,(H,11,14)(H,12,13)(H,15,16). The highest BCUT2D eigenvalue weighted by molar-refractivity contribution is 5.87. The largest absolute Gasteiger partial charge is 0.481 e. The second-order valence-corrected chi connectivity index (χ2v) is 3.65. The average Bonchev–Trinajstić information content (AvgIpc) is 2.14. The average molecular weight is 232 g/mol. The molecule has 16 heavy (non-hydrogen) atoms. The van der Waals surface area contributed by atoms with Gasteiger partial charge in [-0.2, -0.15) is 0 Å². The molecule has 0 aromatic heterocycles. The van der Waals surface area contributed by atoms with Crippen molar-refractivity contribution in [2.45, 2.75) is 32.4 Å². The minimum absolute atomic E-state index is 0.431. The second kappa shape index (κ2) is 6.06. The number of carboxylic acids is 2. The van der Waals surface area contributed by atoms with Crippen molar-refractivity contribution in [2.24, 2.45) is 11.7 Å². The van der Waals surface area contributed by atoms with Crippen LogP contribution in [0.4, 0.5) is 0 Å². The van der Waals surface area contributed by atoms with Crippen molar-refractivity contribution in [2.75, 3.05) is 0 Å². The molecule has 0 rings (SSSR count). The lowest BCUT2D eigenvalue weighted by molar-refractivity contribution is -0.147. The molecule has 0 bridgehead atoms. The molecule has 0 aliphatic carbocycles. The summed E-state index contributed by atoms with van der Waals surface area (Å²) in [4.78, 5) is 32.4. The SMILES string of the molecule is CC(N)C(C)C(=O)NC(CC(=O)O)C(=O)O. The van der Waals surface area contributed by atoms with E-state index in [9.17, 15) is 14.4 Å². The number of nitrogens with one attached hydrogen (secondary N) is 1. The van der Waals surface area contributed by atoms with Crippen LogP contribution in [0.25, 0.3) is 0 Å². The van der Waals surface area contributed by atoms with Crippen molar-refractivity contribution in [3.63, 3.8) is 0 Å². The van der Waals surface area contributed by atoms with E-state index in [1.54, 1.807) is 13.8 Å². The molecule has 0 saturated heterocycles. The van der Waals surface area contributed by atoms with Gasteiger partial charge in [0.25, 0.3) is 0 Å². The van der Waals surface area contributed by atoms with Gasteiger partial charge < -0.3 is 21.3 Å². The maximum Gasteiger partial charge on any atom is 0.326 e. The van der Waals surface area contributed by atoms with Crippen LogP contribution in [-0.4, -0.2) is 40.1 Å². The molecule has 0 radical (unpaired) electrons. The summed E-state index contributed by atoms with van der Waals surface area (Å²) < 4.78 is 0. The Morgan fingerprint density at radius 2 is 1.75 bits per heavy atom. The zero-order chi connectivity index (χ0) is 12.9. The molecular weight excluding hydrogens is 216 g/mol. The summed E-state index contributed by atoms with van der Waals surface area (Å²) in [7, 11) is 0. The number of carboxylic acid groups (broad SMARTS) is 2. The van der Waals surface area contributed by atoms with Gasteiger partial charge in [-0.25, -0.2) is 4.79 Å². The first-order valence-corrected chi connectivity index (χ1v) is 4.76. The molecule has 0 aromatic carbocycles. The monoisotopic (exact) mass is 232 g/mol. The minimum atomic E-state index is -1.42. The van der Waals surface area contributed by atoms with E-state index < -0.39 is 42.3 Å². The van der Waals surface area contributed by atoms with Gasteiger partial charge in [-0.1, -0.05) is 6.92 Å². The lowest BCUT2D eigenvalue weighted by Crippen LogP contribution is -2.47. The third kappa shape index (κ3) is 4.74. The van der Waals surface area contributed by atoms with Gasteiger partial charge in [0.1, 0.15) is 6.04 Å². The lowest BCUT2D eigenvalue weighted by Gasteiger charge is -2.18. The van der Waals surface area contributed by atoms with Crippen LogP contribution in [0, 0.1) is 5.92 Å². The number of rotatable bonds is 6. The van der Waals surface area contributed by atoms with E-state index in [4.69, 9.17) is 15.9 Å². The zero-order valence-electron chi connectivity index (χ0n) is 9.14. The highest BCUT2D eigenvalue weighted by Crippen LogP contribution is 2.02. The van der Waals surface area contributed by atoms with Crippen molar-refractivity contribution in [3.8, 4) is 0 Å². The summed E-state index contributed by atoms with van der Waals surface area (Å²) >= 11 is 0. The highest BCUT2D eigenvalue weighted by Gasteiger charge is 2.26. The number of carbonyl (C=O) groups is 3. The summed E-state index contributed by atoms with van der Waals surface area (Å²) in [5, 5.41) is 19.3. The van der Waals surface area contributed by atoms with Crippen molar-refractivity contribution in [3.05, 3.63) is 0 Å². The van der Waals surface area contributed by atoms with Crippen molar-refractivity contribution in [1.82, 2.24) is 5.32 Å². The Morgan fingerprint density at radius 1 is 1.25 bits per heavy atom. The molecular formula is C9H16N2O5. The van der Waals surface area contributed by atoms with Crippen molar-refractivity contribution < 1.29 is 24.6 Å². The maximum atomic E-state index is 11.4. The Morgan fingerprint density at radius 3 is 2.06 bits per heavy atom. The number of amides is 1. The van der Waals surface area contributed by atoms with Crippen molar-refractivity contribution in [1.29, 1.82) is 0 Å². The van der Waals surface area contributed by atoms with Crippen LogP contribution in [0.5, 0.6) is 0 Å². The quantitative estimate of drug-likeness (QED) is 0.465. The van der Waals surface area contributed by atoms with E-state index in [2.05, 4.69) is 5.32 Å². The Balaban J connectivity index is 4.46. The Hall–Kier alpha value is -1.63. The molecule has 0 aliphatic rings. The fourth-order valence-electron chi connectivity index (χ4n) is 0.917. The van der Waals surface area contributed by atoms with Gasteiger partial charge in [-0.05, 0) is 6.92 Å². The van der Waals surface area contributed by atoms with E-state index in [0.717, 1.165) is 0 Å². The topological polar surface area (TPSA) is 130 Å². The minimum Gasteiger partial charge on any atom is -0.481 e. The molecule has 5 N–H and O–H groups in total. The third-order valence-corrected chi connectivity index (χ3v) is 2.20. The summed E-state index contributed by atoms with van der Waals surface area (Å²) in [5.41, 5.74) is 5.47. The van der Waals surface area contributed by atoms with Gasteiger partial charge >= 0.3 is 11.9 Å². The van der Waals surface area contributed by atoms with Crippen LogP contribution in [-0.2, 0) is 14.4 Å². The highest BCUT2D eigenvalue weighted by atomic mass is 16.4. The molecule has 3 atom stereocenters. The normalized spacial score (nSPS) is 15.9. The van der Waals surface area contributed by atoms with Gasteiger partial charge in [0.15, 0.2) is 0 Å². The zero-order valence-corrected chi connectivity index (χ0v) is 9.14. The number of hydrogen-bond acceptors (Lipinski definition) is 4. The summed E-state index contributed by atoms with van der Waals surface area (Å²) in [6.45, 7) is 3.15. The lowest BCUT2D eigenvalue weighted by atomic mass is 10.0. The third-order valence-electron chi connectivity index (χ3n) is 2.20. The smallest absolute Gasteiger partial charge is 0.326 e. The summed E-state index contributed by atoms with van der Waals surface area (Å²) in [6, 6.07) is -1.86. The predicted octanol–water partition coefficient (Wildman–Crippen LogP) is -0.986. The van der Waals surface area contributed by atoms with Crippen LogP contribution in [0.1, 0.15) is 20.3 Å². The Bertz CT molecular complexity index is 290. The van der Waals surface area contributed by atoms with E-state index in [1.807, 2.05) is 0 Å². The number of nitrogens with two attached hydrogens (primary N) is 1. The molecule has 0 heterocycles. The van der Waals surface area contributed by atoms with Gasteiger partial charge in [-0.15, -0.1) is 0 Å². The molecule has 0 aromatic rings. The predicted molar refractivity (Wildman–Crippen MR) is 54.6 cm³/mol. The van der Waals surface area contributed by atoms with Crippen LogP contribution in [0.15, 0.2) is 0 Å². The van der Waals surface area contributed by atoms with Gasteiger partial charge in [-0.3, -0.25) is 9.59 Å².